The first kappa shape index (κ1) is 27.1. The SMILES string of the molecule is Cc1cccc(C)c1N1CCN(C(=O)c2coc(CN3CCN(C[C@H](O)CN4CCOCC4)CC3)n2)CC1. The number of β-amino-alcohol motifs (C(OH)–C–C–N with tert-alkyl or cyclic N) is 1. The molecular formula is C28H42N6O4. The van der Waals surface area contributed by atoms with Crippen molar-refractivity contribution < 1.29 is 19.1 Å². The van der Waals surface area contributed by atoms with E-state index in [4.69, 9.17) is 9.15 Å². The van der Waals surface area contributed by atoms with Crippen LogP contribution in [0.4, 0.5) is 5.69 Å². The first-order valence-corrected chi connectivity index (χ1v) is 13.9. The van der Waals surface area contributed by atoms with Crippen LogP contribution in [0.3, 0.4) is 0 Å². The molecule has 1 atom stereocenters. The second-order valence-electron chi connectivity index (χ2n) is 10.8. The second kappa shape index (κ2) is 12.6. The lowest BCUT2D eigenvalue weighted by Gasteiger charge is -2.37. The van der Waals surface area contributed by atoms with Crippen LogP contribution in [-0.2, 0) is 11.3 Å². The highest BCUT2D eigenvalue weighted by atomic mass is 16.5. The fourth-order valence-corrected chi connectivity index (χ4v) is 5.84. The lowest BCUT2D eigenvalue weighted by molar-refractivity contribution is 0.00187. The minimum atomic E-state index is -0.345. The van der Waals surface area contributed by atoms with Crippen LogP contribution in [0.15, 0.2) is 28.9 Å². The monoisotopic (exact) mass is 526 g/mol. The summed E-state index contributed by atoms with van der Waals surface area (Å²) >= 11 is 0. The maximum absolute atomic E-state index is 13.1. The summed E-state index contributed by atoms with van der Waals surface area (Å²) in [5, 5.41) is 10.5. The summed E-state index contributed by atoms with van der Waals surface area (Å²) in [4.78, 5) is 28.8. The summed E-state index contributed by atoms with van der Waals surface area (Å²) in [6.45, 7) is 16.1. The molecule has 0 aliphatic carbocycles. The van der Waals surface area contributed by atoms with Crippen LogP contribution in [0.25, 0.3) is 0 Å². The minimum Gasteiger partial charge on any atom is -0.447 e. The molecule has 1 amide bonds. The molecule has 0 unspecified atom stereocenters. The number of anilines is 1. The van der Waals surface area contributed by atoms with Gasteiger partial charge in [-0.05, 0) is 25.0 Å². The summed E-state index contributed by atoms with van der Waals surface area (Å²) < 4.78 is 11.1. The van der Waals surface area contributed by atoms with Crippen molar-refractivity contribution in [1.29, 1.82) is 0 Å². The zero-order valence-electron chi connectivity index (χ0n) is 22.8. The number of carbonyl (C=O) groups is 1. The first-order valence-electron chi connectivity index (χ1n) is 13.9. The van der Waals surface area contributed by atoms with E-state index in [1.807, 2.05) is 4.90 Å². The van der Waals surface area contributed by atoms with E-state index in [0.29, 0.717) is 44.3 Å². The number of benzene rings is 1. The van der Waals surface area contributed by atoms with Crippen molar-refractivity contribution in [3.05, 3.63) is 47.2 Å². The molecule has 10 nitrogen and oxygen atoms in total. The molecule has 38 heavy (non-hydrogen) atoms. The number of ether oxygens (including phenoxy) is 1. The Labute approximate surface area is 225 Å². The molecule has 10 heteroatoms. The molecule has 1 aromatic carbocycles. The third-order valence-corrected chi connectivity index (χ3v) is 7.96. The molecular weight excluding hydrogens is 484 g/mol. The minimum absolute atomic E-state index is 0.0553. The van der Waals surface area contributed by atoms with E-state index in [1.54, 1.807) is 0 Å². The fourth-order valence-electron chi connectivity index (χ4n) is 5.84. The van der Waals surface area contributed by atoms with Crippen LogP contribution in [0, 0.1) is 13.8 Å². The van der Waals surface area contributed by atoms with E-state index < -0.39 is 0 Å². The number of amides is 1. The number of oxazole rings is 1. The van der Waals surface area contributed by atoms with Gasteiger partial charge in [0.25, 0.3) is 5.91 Å². The van der Waals surface area contributed by atoms with Crippen molar-refractivity contribution in [2.75, 3.05) is 96.7 Å². The topological polar surface area (TPSA) is 88.8 Å². The van der Waals surface area contributed by atoms with Gasteiger partial charge in [-0.3, -0.25) is 19.5 Å². The Morgan fingerprint density at radius 3 is 2.16 bits per heavy atom. The smallest absolute Gasteiger partial charge is 0.275 e. The van der Waals surface area contributed by atoms with Gasteiger partial charge in [-0.1, -0.05) is 18.2 Å². The predicted molar refractivity (Wildman–Crippen MR) is 146 cm³/mol. The van der Waals surface area contributed by atoms with Gasteiger partial charge in [0.1, 0.15) is 6.26 Å². The van der Waals surface area contributed by atoms with Gasteiger partial charge in [0, 0.05) is 84.2 Å². The van der Waals surface area contributed by atoms with E-state index in [-0.39, 0.29) is 12.0 Å². The van der Waals surface area contributed by atoms with Crippen molar-refractivity contribution in [3.8, 4) is 0 Å². The molecule has 3 fully saturated rings. The lowest BCUT2D eigenvalue weighted by atomic mass is 10.1. The molecule has 3 saturated heterocycles. The summed E-state index contributed by atoms with van der Waals surface area (Å²) in [7, 11) is 0. The maximum atomic E-state index is 13.1. The first-order chi connectivity index (χ1) is 18.5. The summed E-state index contributed by atoms with van der Waals surface area (Å²) in [6.07, 6.45) is 1.16. The lowest BCUT2D eigenvalue weighted by Crippen LogP contribution is -2.50. The number of rotatable bonds is 8. The normalized spacial score (nSPS) is 21.1. The van der Waals surface area contributed by atoms with Gasteiger partial charge in [-0.25, -0.2) is 4.98 Å². The van der Waals surface area contributed by atoms with Crippen molar-refractivity contribution >= 4 is 11.6 Å². The summed E-state index contributed by atoms with van der Waals surface area (Å²) in [6, 6.07) is 6.38. The third kappa shape index (κ3) is 6.73. The van der Waals surface area contributed by atoms with Gasteiger partial charge >= 0.3 is 0 Å². The number of morpholine rings is 1. The van der Waals surface area contributed by atoms with Crippen LogP contribution in [-0.4, -0.2) is 133 Å². The maximum Gasteiger partial charge on any atom is 0.275 e. The Bertz CT molecular complexity index is 1040. The van der Waals surface area contributed by atoms with Crippen molar-refractivity contribution in [2.45, 2.75) is 26.5 Å². The number of aliphatic hydroxyl groups is 1. The molecule has 0 spiro atoms. The number of piperazine rings is 2. The zero-order chi connectivity index (χ0) is 26.5. The van der Waals surface area contributed by atoms with Gasteiger partial charge in [-0.15, -0.1) is 0 Å². The number of hydrogen-bond donors (Lipinski definition) is 1. The number of nitrogens with zero attached hydrogens (tertiary/aromatic N) is 6. The predicted octanol–water partition coefficient (Wildman–Crippen LogP) is 1.06. The fraction of sp³-hybridized carbons (Fsp3) is 0.643. The van der Waals surface area contributed by atoms with E-state index in [0.717, 1.165) is 65.6 Å². The number of carbonyl (C=O) groups excluding carboxylic acids is 1. The largest absolute Gasteiger partial charge is 0.447 e. The van der Waals surface area contributed by atoms with Crippen molar-refractivity contribution in [2.24, 2.45) is 0 Å². The van der Waals surface area contributed by atoms with E-state index in [2.05, 4.69) is 56.6 Å². The Morgan fingerprint density at radius 1 is 0.895 bits per heavy atom. The van der Waals surface area contributed by atoms with E-state index in [9.17, 15) is 9.90 Å². The molecule has 5 rings (SSSR count). The average Bonchev–Trinajstić information content (AvgIpc) is 3.39. The number of aromatic nitrogens is 1. The van der Waals surface area contributed by atoms with Crippen LogP contribution in [0.2, 0.25) is 0 Å². The molecule has 4 heterocycles. The molecule has 3 aliphatic rings. The highest BCUT2D eigenvalue weighted by molar-refractivity contribution is 5.92. The molecule has 0 bridgehead atoms. The van der Waals surface area contributed by atoms with Gasteiger partial charge in [0.15, 0.2) is 5.69 Å². The molecule has 2 aromatic rings. The molecule has 0 radical (unpaired) electrons. The number of aliphatic hydroxyl groups excluding tert-OH is 1. The quantitative estimate of drug-likeness (QED) is 0.543. The van der Waals surface area contributed by atoms with Crippen LogP contribution in [0.1, 0.15) is 27.5 Å². The standard InChI is InChI=1S/C28H42N6O4/c1-22-4-3-5-23(2)27(22)33-10-12-34(13-11-33)28(36)25-21-38-26(29-25)20-31-8-6-30(7-9-31)18-24(35)19-32-14-16-37-17-15-32/h3-5,21,24,35H,6-20H2,1-2H3/t24-/m0/s1. The number of para-hydroxylation sites is 1. The molecule has 0 saturated carbocycles. The Kier molecular flexibility index (Phi) is 8.96. The van der Waals surface area contributed by atoms with Crippen LogP contribution in [0.5, 0.6) is 0 Å². The zero-order valence-corrected chi connectivity index (χ0v) is 22.8. The highest BCUT2D eigenvalue weighted by Crippen LogP contribution is 2.26. The van der Waals surface area contributed by atoms with Gasteiger partial charge < -0.3 is 24.1 Å². The Morgan fingerprint density at radius 2 is 1.50 bits per heavy atom. The van der Waals surface area contributed by atoms with E-state index >= 15 is 0 Å². The number of aryl methyl sites for hydroxylation is 2. The molecule has 1 aromatic heterocycles. The van der Waals surface area contributed by atoms with E-state index in [1.165, 1.54) is 23.1 Å². The average molecular weight is 527 g/mol. The molecule has 3 aliphatic heterocycles. The van der Waals surface area contributed by atoms with Gasteiger partial charge in [0.05, 0.1) is 25.9 Å². The number of hydrogen-bond acceptors (Lipinski definition) is 9. The van der Waals surface area contributed by atoms with Crippen LogP contribution < -0.4 is 4.90 Å². The van der Waals surface area contributed by atoms with Crippen molar-refractivity contribution in [1.82, 2.24) is 24.6 Å². The Balaban J connectivity index is 1.05. The third-order valence-electron chi connectivity index (χ3n) is 7.96. The highest BCUT2D eigenvalue weighted by Gasteiger charge is 2.27. The molecule has 208 valence electrons. The van der Waals surface area contributed by atoms with Gasteiger partial charge in [-0.2, -0.15) is 0 Å². The summed E-state index contributed by atoms with van der Waals surface area (Å²) in [5.74, 6) is 0.531. The second-order valence-corrected chi connectivity index (χ2v) is 10.8. The summed E-state index contributed by atoms with van der Waals surface area (Å²) in [5.41, 5.74) is 4.23. The van der Waals surface area contributed by atoms with Crippen LogP contribution >= 0.6 is 0 Å². The van der Waals surface area contributed by atoms with Gasteiger partial charge in [0.2, 0.25) is 5.89 Å². The molecule has 1 N–H and O–H groups in total. The van der Waals surface area contributed by atoms with Crippen molar-refractivity contribution in [3.63, 3.8) is 0 Å². The Hall–Kier alpha value is -2.50.